The minimum absolute atomic E-state index is 0.0766. The summed E-state index contributed by atoms with van der Waals surface area (Å²) in [6.45, 7) is 6.66. The molecule has 0 aromatic carbocycles. The Hall–Kier alpha value is -0.810. The summed E-state index contributed by atoms with van der Waals surface area (Å²) in [6, 6.07) is 0. The predicted octanol–water partition coefficient (Wildman–Crippen LogP) is 0.890. The van der Waals surface area contributed by atoms with Gasteiger partial charge in [-0.05, 0) is 34.1 Å². The fourth-order valence-electron chi connectivity index (χ4n) is 1.36. The second-order valence-corrected chi connectivity index (χ2v) is 5.22. The van der Waals surface area contributed by atoms with Crippen LogP contribution in [0.3, 0.4) is 0 Å². The number of hydrogen-bond donors (Lipinski definition) is 3. The van der Waals surface area contributed by atoms with Crippen molar-refractivity contribution < 1.29 is 19.7 Å². The molecule has 5 nitrogen and oxygen atoms in total. The summed E-state index contributed by atoms with van der Waals surface area (Å²) < 4.78 is 4.90. The van der Waals surface area contributed by atoms with Gasteiger partial charge in [-0.25, -0.2) is 4.79 Å². The highest BCUT2D eigenvalue weighted by Gasteiger charge is 2.32. The van der Waals surface area contributed by atoms with Crippen molar-refractivity contribution in [1.29, 1.82) is 0 Å². The van der Waals surface area contributed by atoms with Crippen molar-refractivity contribution in [2.45, 2.75) is 45.3 Å². The van der Waals surface area contributed by atoms with E-state index in [-0.39, 0.29) is 12.5 Å². The third-order valence-corrected chi connectivity index (χ3v) is 2.36. The number of aliphatic hydroxyl groups is 2. The molecule has 0 saturated heterocycles. The monoisotopic (exact) mass is 233 g/mol. The van der Waals surface area contributed by atoms with Gasteiger partial charge in [-0.15, -0.1) is 0 Å². The summed E-state index contributed by atoms with van der Waals surface area (Å²) in [7, 11) is 1.47. The lowest BCUT2D eigenvalue weighted by molar-refractivity contribution is -0.0532. The Morgan fingerprint density at radius 3 is 2.12 bits per heavy atom. The van der Waals surface area contributed by atoms with Crippen LogP contribution in [0.5, 0.6) is 0 Å². The Bertz CT molecular complexity index is 227. The van der Waals surface area contributed by atoms with Crippen molar-refractivity contribution in [3.8, 4) is 0 Å². The van der Waals surface area contributed by atoms with Crippen LogP contribution in [0.15, 0.2) is 0 Å². The average Bonchev–Trinajstić information content (AvgIpc) is 2.08. The zero-order chi connectivity index (χ0) is 13.0. The van der Waals surface area contributed by atoms with E-state index in [9.17, 15) is 15.0 Å². The average molecular weight is 233 g/mol. The molecule has 0 saturated carbocycles. The first-order valence-electron chi connectivity index (χ1n) is 5.35. The zero-order valence-electron chi connectivity index (χ0n) is 10.7. The number of ether oxygens (including phenoxy) is 1. The summed E-state index contributed by atoms with van der Waals surface area (Å²) in [5.74, 6) is -0.315. The molecule has 1 unspecified atom stereocenters. The highest BCUT2D eigenvalue weighted by Crippen LogP contribution is 2.26. The van der Waals surface area contributed by atoms with Crippen LogP contribution in [0.25, 0.3) is 0 Å². The molecule has 0 aromatic heterocycles. The molecule has 16 heavy (non-hydrogen) atoms. The lowest BCUT2D eigenvalue weighted by Gasteiger charge is -2.33. The molecule has 0 fully saturated rings. The minimum atomic E-state index is -1.01. The van der Waals surface area contributed by atoms with Crippen LogP contribution >= 0.6 is 0 Å². The van der Waals surface area contributed by atoms with Crippen molar-refractivity contribution in [1.82, 2.24) is 5.32 Å². The molecule has 0 rings (SSSR count). The summed E-state index contributed by atoms with van der Waals surface area (Å²) in [5, 5.41) is 21.9. The number of carbonyl (C=O) groups is 1. The SMILES string of the molecule is CNC(=O)OCC(CC(C)(C)O)C(C)(C)O. The topological polar surface area (TPSA) is 78.8 Å². The summed E-state index contributed by atoms with van der Waals surface area (Å²) in [5.41, 5.74) is -1.91. The van der Waals surface area contributed by atoms with Gasteiger partial charge in [0, 0.05) is 13.0 Å². The van der Waals surface area contributed by atoms with Gasteiger partial charge in [-0.1, -0.05) is 0 Å². The van der Waals surface area contributed by atoms with Crippen molar-refractivity contribution >= 4 is 6.09 Å². The van der Waals surface area contributed by atoms with Crippen molar-refractivity contribution in [3.05, 3.63) is 0 Å². The Morgan fingerprint density at radius 2 is 1.81 bits per heavy atom. The van der Waals surface area contributed by atoms with Gasteiger partial charge in [0.05, 0.1) is 17.8 Å². The van der Waals surface area contributed by atoms with Crippen molar-refractivity contribution in [2.75, 3.05) is 13.7 Å². The van der Waals surface area contributed by atoms with Gasteiger partial charge in [0.15, 0.2) is 0 Å². The molecule has 3 N–H and O–H groups in total. The fourth-order valence-corrected chi connectivity index (χ4v) is 1.36. The maximum absolute atomic E-state index is 10.9. The van der Waals surface area contributed by atoms with Crippen molar-refractivity contribution in [2.24, 2.45) is 5.92 Å². The Balaban J connectivity index is 4.40. The predicted molar refractivity (Wildman–Crippen MR) is 61.1 cm³/mol. The number of amides is 1. The third-order valence-electron chi connectivity index (χ3n) is 2.36. The smallest absolute Gasteiger partial charge is 0.406 e. The van der Waals surface area contributed by atoms with E-state index in [1.165, 1.54) is 7.05 Å². The van der Waals surface area contributed by atoms with Crippen LogP contribution in [0.2, 0.25) is 0 Å². The highest BCUT2D eigenvalue weighted by molar-refractivity contribution is 5.66. The van der Waals surface area contributed by atoms with Crippen molar-refractivity contribution in [3.63, 3.8) is 0 Å². The molecule has 1 amide bonds. The van der Waals surface area contributed by atoms with E-state index in [4.69, 9.17) is 4.74 Å². The first kappa shape index (κ1) is 15.2. The molecule has 0 aliphatic heterocycles. The van der Waals surface area contributed by atoms with E-state index in [1.807, 2.05) is 0 Å². The van der Waals surface area contributed by atoms with E-state index in [0.717, 1.165) is 0 Å². The molecule has 0 aromatic rings. The lowest BCUT2D eigenvalue weighted by atomic mass is 9.83. The molecule has 0 bridgehead atoms. The molecule has 0 aliphatic rings. The molecular formula is C11H23NO4. The van der Waals surface area contributed by atoms with Gasteiger partial charge in [0.25, 0.3) is 0 Å². The normalized spacial score (nSPS) is 14.4. The van der Waals surface area contributed by atoms with E-state index in [2.05, 4.69) is 5.32 Å². The number of rotatable bonds is 5. The largest absolute Gasteiger partial charge is 0.449 e. The van der Waals surface area contributed by atoms with E-state index in [1.54, 1.807) is 27.7 Å². The zero-order valence-corrected chi connectivity index (χ0v) is 10.7. The van der Waals surface area contributed by atoms with Crippen LogP contribution < -0.4 is 5.32 Å². The van der Waals surface area contributed by atoms with E-state index >= 15 is 0 Å². The lowest BCUT2D eigenvalue weighted by Crippen LogP contribution is -2.40. The Kier molecular flexibility index (Phi) is 5.22. The summed E-state index contributed by atoms with van der Waals surface area (Å²) >= 11 is 0. The minimum Gasteiger partial charge on any atom is -0.449 e. The number of alkyl carbamates (subject to hydrolysis) is 1. The number of nitrogens with one attached hydrogen (secondary N) is 1. The highest BCUT2D eigenvalue weighted by atomic mass is 16.5. The van der Waals surface area contributed by atoms with Gasteiger partial charge >= 0.3 is 6.09 Å². The summed E-state index contributed by atoms with van der Waals surface area (Å²) in [6.07, 6.45) is -0.182. The molecule has 0 aliphatic carbocycles. The second kappa shape index (κ2) is 5.50. The summed E-state index contributed by atoms with van der Waals surface area (Å²) in [4.78, 5) is 10.9. The first-order chi connectivity index (χ1) is 7.06. The quantitative estimate of drug-likeness (QED) is 0.659. The fraction of sp³-hybridized carbons (Fsp3) is 0.909. The van der Waals surface area contributed by atoms with Gasteiger partial charge in [0.2, 0.25) is 0 Å². The van der Waals surface area contributed by atoms with Gasteiger partial charge < -0.3 is 20.3 Å². The number of carbonyl (C=O) groups excluding carboxylic acids is 1. The Morgan fingerprint density at radius 1 is 1.31 bits per heavy atom. The standard InChI is InChI=1S/C11H23NO4/c1-10(2,14)6-8(11(3,4)15)7-16-9(13)12-5/h8,14-15H,6-7H2,1-5H3,(H,12,13). The number of hydrogen-bond acceptors (Lipinski definition) is 4. The first-order valence-corrected chi connectivity index (χ1v) is 5.35. The Labute approximate surface area is 96.8 Å². The molecule has 0 spiro atoms. The van der Waals surface area contributed by atoms with Crippen LogP contribution in [0.1, 0.15) is 34.1 Å². The van der Waals surface area contributed by atoms with Crippen LogP contribution in [-0.4, -0.2) is 41.2 Å². The maximum Gasteiger partial charge on any atom is 0.406 e. The van der Waals surface area contributed by atoms with Crippen LogP contribution in [-0.2, 0) is 4.74 Å². The third kappa shape index (κ3) is 6.63. The second-order valence-electron chi connectivity index (χ2n) is 5.22. The van der Waals surface area contributed by atoms with Gasteiger partial charge in [0.1, 0.15) is 0 Å². The van der Waals surface area contributed by atoms with E-state index in [0.29, 0.717) is 6.42 Å². The molecule has 0 radical (unpaired) electrons. The van der Waals surface area contributed by atoms with Gasteiger partial charge in [-0.3, -0.25) is 0 Å². The van der Waals surface area contributed by atoms with Gasteiger partial charge in [-0.2, -0.15) is 0 Å². The molecule has 0 heterocycles. The molecule has 96 valence electrons. The van der Waals surface area contributed by atoms with E-state index < -0.39 is 17.3 Å². The van der Waals surface area contributed by atoms with Crippen LogP contribution in [0, 0.1) is 5.92 Å². The molecule has 1 atom stereocenters. The molecule has 5 heteroatoms. The van der Waals surface area contributed by atoms with Crippen LogP contribution in [0.4, 0.5) is 4.79 Å². The molecular weight excluding hydrogens is 210 g/mol. The maximum atomic E-state index is 10.9.